The average molecular weight is 346 g/mol. The van der Waals surface area contributed by atoms with Gasteiger partial charge >= 0.3 is 0 Å². The van der Waals surface area contributed by atoms with Gasteiger partial charge in [0.2, 0.25) is 0 Å². The number of hydrogen-bond donors (Lipinski definition) is 2. The molecular weight excluding hydrogens is 330 g/mol. The molecule has 21 heavy (non-hydrogen) atoms. The number of aliphatic hydroxyl groups is 1. The van der Waals surface area contributed by atoms with Crippen LogP contribution in [0.15, 0.2) is 40.6 Å². The van der Waals surface area contributed by atoms with Crippen molar-refractivity contribution in [2.75, 3.05) is 6.61 Å². The minimum absolute atomic E-state index is 0.00343. The molecule has 0 amide bonds. The number of thiophene rings is 1. The molecule has 2 N–H and O–H groups in total. The number of nitrogens with one attached hydrogen (secondary N) is 1. The Bertz CT molecular complexity index is 713. The van der Waals surface area contributed by atoms with Crippen LogP contribution in [0, 0.1) is 0 Å². The van der Waals surface area contributed by atoms with Crippen LogP contribution in [0.25, 0.3) is 0 Å². The van der Waals surface area contributed by atoms with E-state index in [1.54, 1.807) is 37.3 Å². The highest BCUT2D eigenvalue weighted by atomic mass is 35.5. The summed E-state index contributed by atoms with van der Waals surface area (Å²) in [6, 6.07) is 9.98. The predicted octanol–water partition coefficient (Wildman–Crippen LogP) is 2.98. The Balaban J connectivity index is 2.18. The molecule has 2 rings (SSSR count). The van der Waals surface area contributed by atoms with E-state index in [-0.39, 0.29) is 10.8 Å². The molecular formula is C14H16ClNO3S2. The fourth-order valence-corrected chi connectivity index (χ4v) is 4.81. The van der Waals surface area contributed by atoms with Crippen molar-refractivity contribution in [3.8, 4) is 0 Å². The molecule has 0 saturated carbocycles. The van der Waals surface area contributed by atoms with Crippen molar-refractivity contribution in [1.29, 1.82) is 0 Å². The third kappa shape index (κ3) is 4.05. The van der Waals surface area contributed by atoms with Gasteiger partial charge in [-0.2, -0.15) is 0 Å². The summed E-state index contributed by atoms with van der Waals surface area (Å²) in [6.45, 7) is 1.75. The molecule has 0 saturated heterocycles. The maximum absolute atomic E-state index is 12.3. The van der Waals surface area contributed by atoms with E-state index >= 15 is 0 Å². The van der Waals surface area contributed by atoms with E-state index in [0.717, 1.165) is 21.8 Å². The van der Waals surface area contributed by atoms with Crippen LogP contribution in [-0.2, 0) is 16.4 Å². The van der Waals surface area contributed by atoms with Crippen LogP contribution in [0.4, 0.5) is 0 Å². The van der Waals surface area contributed by atoms with Gasteiger partial charge in [0.25, 0.3) is 10.0 Å². The topological polar surface area (TPSA) is 66.4 Å². The molecule has 4 nitrogen and oxygen atoms in total. The lowest BCUT2D eigenvalue weighted by atomic mass is 10.1. The van der Waals surface area contributed by atoms with Gasteiger partial charge in [-0.25, -0.2) is 13.1 Å². The molecule has 1 unspecified atom stereocenters. The monoisotopic (exact) mass is 345 g/mol. The van der Waals surface area contributed by atoms with E-state index < -0.39 is 16.1 Å². The predicted molar refractivity (Wildman–Crippen MR) is 85.3 cm³/mol. The van der Waals surface area contributed by atoms with Gasteiger partial charge in [-0.05, 0) is 30.7 Å². The fraction of sp³-hybridized carbons (Fsp3) is 0.286. The summed E-state index contributed by atoms with van der Waals surface area (Å²) in [7, 11) is -3.59. The summed E-state index contributed by atoms with van der Waals surface area (Å²) in [4.78, 5) is 0.836. The third-order valence-corrected chi connectivity index (χ3v) is 6.49. The minimum atomic E-state index is -3.59. The molecule has 0 aliphatic heterocycles. The normalized spacial score (nSPS) is 13.3. The number of sulfonamides is 1. The molecule has 0 aliphatic carbocycles. The Morgan fingerprint density at radius 2 is 2.00 bits per heavy atom. The summed E-state index contributed by atoms with van der Waals surface area (Å²) in [5.41, 5.74) is 0.731. The summed E-state index contributed by atoms with van der Waals surface area (Å²) < 4.78 is 27.5. The lowest BCUT2D eigenvalue weighted by Gasteiger charge is -2.15. The highest BCUT2D eigenvalue weighted by Crippen LogP contribution is 2.26. The molecule has 0 spiro atoms. The number of hydrogen-bond acceptors (Lipinski definition) is 4. The van der Waals surface area contributed by atoms with Gasteiger partial charge in [0.05, 0.1) is 0 Å². The molecule has 114 valence electrons. The molecule has 0 fully saturated rings. The number of halogens is 1. The van der Waals surface area contributed by atoms with E-state index in [2.05, 4.69) is 4.72 Å². The van der Waals surface area contributed by atoms with Crippen LogP contribution >= 0.6 is 22.9 Å². The lowest BCUT2D eigenvalue weighted by Crippen LogP contribution is -2.26. The van der Waals surface area contributed by atoms with Crippen molar-refractivity contribution in [3.05, 3.63) is 51.9 Å². The van der Waals surface area contributed by atoms with Crippen molar-refractivity contribution in [2.45, 2.75) is 23.6 Å². The summed E-state index contributed by atoms with van der Waals surface area (Å²) >= 11 is 7.24. The Kier molecular flexibility index (Phi) is 5.40. The SMILES string of the molecule is CC(NS(=O)(=O)c1ccc(CCO)s1)c1ccccc1Cl. The second-order valence-electron chi connectivity index (χ2n) is 4.56. The standard InChI is InChI=1S/C14H16ClNO3S2/c1-10(12-4-2-3-5-13(12)15)16-21(18,19)14-7-6-11(20-14)8-9-17/h2-7,10,16-17H,8-9H2,1H3. The van der Waals surface area contributed by atoms with Gasteiger partial charge in [-0.3, -0.25) is 0 Å². The van der Waals surface area contributed by atoms with Crippen LogP contribution in [0.2, 0.25) is 5.02 Å². The summed E-state index contributed by atoms with van der Waals surface area (Å²) in [5.74, 6) is 0. The van der Waals surface area contributed by atoms with E-state index in [9.17, 15) is 8.42 Å². The van der Waals surface area contributed by atoms with Crippen molar-refractivity contribution in [2.24, 2.45) is 0 Å². The Hall–Kier alpha value is -0.920. The van der Waals surface area contributed by atoms with Crippen molar-refractivity contribution >= 4 is 33.0 Å². The lowest BCUT2D eigenvalue weighted by molar-refractivity contribution is 0.300. The Morgan fingerprint density at radius 1 is 1.29 bits per heavy atom. The number of rotatable bonds is 6. The number of aliphatic hydroxyl groups excluding tert-OH is 1. The van der Waals surface area contributed by atoms with Gasteiger partial charge < -0.3 is 5.11 Å². The van der Waals surface area contributed by atoms with E-state index in [4.69, 9.17) is 16.7 Å². The van der Waals surface area contributed by atoms with Gasteiger partial charge in [0, 0.05) is 29.0 Å². The molecule has 1 atom stereocenters. The van der Waals surface area contributed by atoms with Gasteiger partial charge in [0.1, 0.15) is 4.21 Å². The molecule has 2 aromatic rings. The van der Waals surface area contributed by atoms with E-state index in [0.29, 0.717) is 11.4 Å². The van der Waals surface area contributed by atoms with E-state index in [1.807, 2.05) is 6.07 Å². The second-order valence-corrected chi connectivity index (χ2v) is 8.08. The molecule has 0 aliphatic rings. The average Bonchev–Trinajstić information content (AvgIpc) is 2.88. The first kappa shape index (κ1) is 16.5. The maximum Gasteiger partial charge on any atom is 0.250 e. The molecule has 1 aromatic heterocycles. The van der Waals surface area contributed by atoms with Crippen molar-refractivity contribution in [3.63, 3.8) is 0 Å². The van der Waals surface area contributed by atoms with Crippen LogP contribution in [0.3, 0.4) is 0 Å². The highest BCUT2D eigenvalue weighted by Gasteiger charge is 2.21. The first-order valence-corrected chi connectivity index (χ1v) is 9.08. The molecule has 0 bridgehead atoms. The second kappa shape index (κ2) is 6.89. The molecule has 1 aromatic carbocycles. The van der Waals surface area contributed by atoms with Crippen molar-refractivity contribution in [1.82, 2.24) is 4.72 Å². The smallest absolute Gasteiger partial charge is 0.250 e. The zero-order valence-electron chi connectivity index (χ0n) is 11.4. The first-order chi connectivity index (χ1) is 9.94. The van der Waals surface area contributed by atoms with E-state index in [1.165, 1.54) is 0 Å². The third-order valence-electron chi connectivity index (χ3n) is 2.96. The molecule has 1 heterocycles. The van der Waals surface area contributed by atoms with Crippen molar-refractivity contribution < 1.29 is 13.5 Å². The first-order valence-electron chi connectivity index (χ1n) is 6.40. The quantitative estimate of drug-likeness (QED) is 0.845. The minimum Gasteiger partial charge on any atom is -0.396 e. The van der Waals surface area contributed by atoms with Crippen LogP contribution < -0.4 is 4.72 Å². The van der Waals surface area contributed by atoms with Gasteiger partial charge in [-0.15, -0.1) is 11.3 Å². The Morgan fingerprint density at radius 3 is 2.67 bits per heavy atom. The van der Waals surface area contributed by atoms with Gasteiger partial charge in [0.15, 0.2) is 0 Å². The highest BCUT2D eigenvalue weighted by molar-refractivity contribution is 7.91. The molecule has 0 radical (unpaired) electrons. The summed E-state index contributed by atoms with van der Waals surface area (Å²) in [5, 5.41) is 9.41. The Labute approximate surface area is 133 Å². The fourth-order valence-electron chi connectivity index (χ4n) is 1.93. The number of benzene rings is 1. The van der Waals surface area contributed by atoms with Crippen LogP contribution in [-0.4, -0.2) is 20.1 Å². The zero-order chi connectivity index (χ0) is 15.5. The zero-order valence-corrected chi connectivity index (χ0v) is 13.8. The van der Waals surface area contributed by atoms with Crippen LogP contribution in [0.5, 0.6) is 0 Å². The van der Waals surface area contributed by atoms with Crippen LogP contribution in [0.1, 0.15) is 23.4 Å². The maximum atomic E-state index is 12.3. The summed E-state index contributed by atoms with van der Waals surface area (Å²) in [6.07, 6.45) is 0.459. The largest absolute Gasteiger partial charge is 0.396 e. The van der Waals surface area contributed by atoms with Gasteiger partial charge in [-0.1, -0.05) is 29.8 Å². The molecule has 7 heteroatoms.